The standard InChI is InChI=1S/C31H43N7O3S/c1-31(40)8-15-38(16-9-31)30-34-24(22-42-30)25(21-27(39)36-17-11-32-12-18-36)35-13-4-14-37(20-19-35)29-26(41-2)7-6-23-5-3-10-33-28(23)29/h3,5-7,10,22,25,32,40H,4,8-9,11-21H2,1-2H3. The highest BCUT2D eigenvalue weighted by atomic mass is 32.1. The van der Waals surface area contributed by atoms with E-state index < -0.39 is 5.60 Å². The smallest absolute Gasteiger partial charge is 0.224 e. The third kappa shape index (κ3) is 6.34. The molecule has 1 amide bonds. The highest BCUT2D eigenvalue weighted by Gasteiger charge is 2.33. The second kappa shape index (κ2) is 12.7. The number of anilines is 2. The Morgan fingerprint density at radius 3 is 2.67 bits per heavy atom. The fourth-order valence-electron chi connectivity index (χ4n) is 6.44. The van der Waals surface area contributed by atoms with Gasteiger partial charge in [-0.15, -0.1) is 11.3 Å². The zero-order valence-corrected chi connectivity index (χ0v) is 25.6. The van der Waals surface area contributed by atoms with Gasteiger partial charge in [0.25, 0.3) is 0 Å². The summed E-state index contributed by atoms with van der Waals surface area (Å²) in [6.07, 6.45) is 4.71. The molecule has 3 aliphatic rings. The van der Waals surface area contributed by atoms with Crippen LogP contribution in [0.25, 0.3) is 10.9 Å². The molecule has 0 spiro atoms. The van der Waals surface area contributed by atoms with Gasteiger partial charge in [0.05, 0.1) is 30.0 Å². The van der Waals surface area contributed by atoms with Crippen molar-refractivity contribution in [3.8, 4) is 5.75 Å². The van der Waals surface area contributed by atoms with Crippen LogP contribution in [0.5, 0.6) is 5.75 Å². The molecule has 5 heterocycles. The van der Waals surface area contributed by atoms with Gasteiger partial charge in [-0.25, -0.2) is 4.98 Å². The van der Waals surface area contributed by atoms with Gasteiger partial charge in [0, 0.05) is 88.8 Å². The Hall–Kier alpha value is -2.99. The second-order valence-electron chi connectivity index (χ2n) is 12.0. The van der Waals surface area contributed by atoms with Crippen molar-refractivity contribution in [3.63, 3.8) is 0 Å². The number of nitrogens with one attached hydrogen (secondary N) is 1. The van der Waals surface area contributed by atoms with Crippen molar-refractivity contribution >= 4 is 39.0 Å². The third-order valence-corrected chi connectivity index (χ3v) is 9.94. The summed E-state index contributed by atoms with van der Waals surface area (Å²) in [7, 11) is 1.72. The van der Waals surface area contributed by atoms with E-state index in [4.69, 9.17) is 14.7 Å². The Balaban J connectivity index is 1.24. The Kier molecular flexibility index (Phi) is 8.80. The summed E-state index contributed by atoms with van der Waals surface area (Å²) in [6, 6.07) is 8.08. The van der Waals surface area contributed by atoms with E-state index >= 15 is 0 Å². The lowest BCUT2D eigenvalue weighted by Gasteiger charge is -2.35. The molecule has 42 heavy (non-hydrogen) atoms. The Labute approximate surface area is 252 Å². The Morgan fingerprint density at radius 1 is 1.07 bits per heavy atom. The molecule has 0 aliphatic carbocycles. The number of rotatable bonds is 7. The topological polar surface area (TPSA) is 97.3 Å². The number of nitrogens with zero attached hydrogens (tertiary/aromatic N) is 6. The maximum atomic E-state index is 13.6. The highest BCUT2D eigenvalue weighted by Crippen LogP contribution is 2.37. The Bertz CT molecular complexity index is 1370. The van der Waals surface area contributed by atoms with Gasteiger partial charge in [0.1, 0.15) is 11.4 Å². The molecule has 3 aliphatic heterocycles. The van der Waals surface area contributed by atoms with Crippen LogP contribution in [0.2, 0.25) is 0 Å². The summed E-state index contributed by atoms with van der Waals surface area (Å²) in [5.41, 5.74) is 2.38. The number of carbonyl (C=O) groups excluding carboxylic acids is 1. The van der Waals surface area contributed by atoms with Crippen molar-refractivity contribution in [3.05, 3.63) is 41.5 Å². The predicted octanol–water partition coefficient (Wildman–Crippen LogP) is 3.13. The average Bonchev–Trinajstić information content (AvgIpc) is 3.37. The molecule has 3 saturated heterocycles. The lowest BCUT2D eigenvalue weighted by molar-refractivity contribution is -0.133. The molecule has 226 valence electrons. The molecule has 3 fully saturated rings. The van der Waals surface area contributed by atoms with Crippen LogP contribution in [-0.2, 0) is 4.79 Å². The van der Waals surface area contributed by atoms with Crippen molar-refractivity contribution in [1.82, 2.24) is 25.1 Å². The number of hydrogen-bond donors (Lipinski definition) is 2. The summed E-state index contributed by atoms with van der Waals surface area (Å²) in [4.78, 5) is 32.6. The molecule has 0 saturated carbocycles. The molecule has 6 rings (SSSR count). The van der Waals surface area contributed by atoms with Crippen LogP contribution in [0, 0.1) is 0 Å². The number of thiazole rings is 1. The van der Waals surface area contributed by atoms with Gasteiger partial charge in [-0.2, -0.15) is 0 Å². The molecule has 1 aromatic carbocycles. The first-order chi connectivity index (χ1) is 20.4. The van der Waals surface area contributed by atoms with Crippen LogP contribution in [0.1, 0.15) is 44.3 Å². The van der Waals surface area contributed by atoms with Gasteiger partial charge in [-0.1, -0.05) is 6.07 Å². The molecule has 1 atom stereocenters. The van der Waals surface area contributed by atoms with Crippen molar-refractivity contribution in [2.45, 2.75) is 44.2 Å². The number of ether oxygens (including phenoxy) is 1. The molecule has 1 unspecified atom stereocenters. The van der Waals surface area contributed by atoms with Gasteiger partial charge in [-0.3, -0.25) is 14.7 Å². The number of pyridine rings is 1. The largest absolute Gasteiger partial charge is 0.494 e. The van der Waals surface area contributed by atoms with Crippen molar-refractivity contribution < 1.29 is 14.6 Å². The summed E-state index contributed by atoms with van der Waals surface area (Å²) in [5, 5.41) is 18.0. The first-order valence-corrected chi connectivity index (χ1v) is 16.1. The minimum absolute atomic E-state index is 0.0854. The van der Waals surface area contributed by atoms with Crippen LogP contribution >= 0.6 is 11.3 Å². The molecular weight excluding hydrogens is 550 g/mol. The van der Waals surface area contributed by atoms with Crippen molar-refractivity contribution in [2.75, 3.05) is 82.4 Å². The number of benzene rings is 1. The van der Waals surface area contributed by atoms with Gasteiger partial charge in [0.15, 0.2) is 5.13 Å². The molecule has 0 bridgehead atoms. The fourth-order valence-corrected chi connectivity index (χ4v) is 7.36. The lowest BCUT2D eigenvalue weighted by Crippen LogP contribution is -2.47. The molecule has 2 aromatic heterocycles. The minimum atomic E-state index is -0.602. The van der Waals surface area contributed by atoms with Gasteiger partial charge < -0.3 is 29.9 Å². The molecular formula is C31H43N7O3S. The maximum Gasteiger partial charge on any atom is 0.224 e. The number of methoxy groups -OCH3 is 1. The fraction of sp³-hybridized carbons (Fsp3) is 0.581. The predicted molar refractivity (Wildman–Crippen MR) is 168 cm³/mol. The van der Waals surface area contributed by atoms with Crippen molar-refractivity contribution in [1.29, 1.82) is 0 Å². The summed E-state index contributed by atoms with van der Waals surface area (Å²) in [5.74, 6) is 1.04. The monoisotopic (exact) mass is 593 g/mol. The van der Waals surface area contributed by atoms with E-state index in [9.17, 15) is 9.90 Å². The third-order valence-electron chi connectivity index (χ3n) is 9.02. The SMILES string of the molecule is COc1ccc2cccnc2c1N1CCCN(C(CC(=O)N2CCNCC2)c2csc(N3CCC(C)(O)CC3)n2)CC1. The quantitative estimate of drug-likeness (QED) is 0.428. The van der Waals surface area contributed by atoms with E-state index in [-0.39, 0.29) is 11.9 Å². The van der Waals surface area contributed by atoms with E-state index in [0.717, 1.165) is 118 Å². The highest BCUT2D eigenvalue weighted by molar-refractivity contribution is 7.13. The number of carbonyl (C=O) groups is 1. The second-order valence-corrected chi connectivity index (χ2v) is 12.8. The Morgan fingerprint density at radius 2 is 1.88 bits per heavy atom. The molecule has 0 radical (unpaired) electrons. The van der Waals surface area contributed by atoms with Crippen molar-refractivity contribution in [2.24, 2.45) is 0 Å². The zero-order chi connectivity index (χ0) is 29.1. The first kappa shape index (κ1) is 29.1. The van der Waals surface area contributed by atoms with Crippen LogP contribution in [0.3, 0.4) is 0 Å². The molecule has 2 N–H and O–H groups in total. The van der Waals surface area contributed by atoms with Crippen LogP contribution in [0.15, 0.2) is 35.8 Å². The van der Waals surface area contributed by atoms with E-state index in [1.54, 1.807) is 18.4 Å². The summed E-state index contributed by atoms with van der Waals surface area (Å²) >= 11 is 1.66. The van der Waals surface area contributed by atoms with Crippen LogP contribution in [-0.4, -0.2) is 109 Å². The number of piperidine rings is 1. The maximum absolute atomic E-state index is 13.6. The summed E-state index contributed by atoms with van der Waals surface area (Å²) in [6.45, 7) is 10.1. The summed E-state index contributed by atoms with van der Waals surface area (Å²) < 4.78 is 5.80. The number of piperazine rings is 1. The van der Waals surface area contributed by atoms with E-state index in [2.05, 4.69) is 37.5 Å². The minimum Gasteiger partial charge on any atom is -0.494 e. The van der Waals surface area contributed by atoms with Crippen LogP contribution < -0.4 is 19.9 Å². The van der Waals surface area contributed by atoms with Crippen LogP contribution in [0.4, 0.5) is 10.8 Å². The average molecular weight is 594 g/mol. The molecule has 11 heteroatoms. The number of aromatic nitrogens is 2. The lowest BCUT2D eigenvalue weighted by atomic mass is 9.94. The number of fused-ring (bicyclic) bond motifs is 1. The number of amides is 1. The van der Waals surface area contributed by atoms with E-state index in [1.807, 2.05) is 30.2 Å². The zero-order valence-electron chi connectivity index (χ0n) is 24.8. The van der Waals surface area contributed by atoms with Gasteiger partial charge in [-0.05, 0) is 44.4 Å². The van der Waals surface area contributed by atoms with E-state index in [1.165, 1.54) is 0 Å². The first-order valence-electron chi connectivity index (χ1n) is 15.2. The molecule has 3 aromatic rings. The number of hydrogen-bond acceptors (Lipinski definition) is 10. The molecule has 10 nitrogen and oxygen atoms in total. The van der Waals surface area contributed by atoms with Gasteiger partial charge in [0.2, 0.25) is 5.91 Å². The van der Waals surface area contributed by atoms with Gasteiger partial charge >= 0.3 is 0 Å². The van der Waals surface area contributed by atoms with E-state index in [0.29, 0.717) is 6.42 Å². The normalized spacial score (nSPS) is 20.9. The number of aliphatic hydroxyl groups is 1.